The highest BCUT2D eigenvalue weighted by atomic mass is 35.5. The van der Waals surface area contributed by atoms with Crippen LogP contribution in [0.5, 0.6) is 0 Å². The molecule has 0 unspecified atom stereocenters. The molecular weight excluding hydrogens is 521 g/mol. The molecule has 1 atom stereocenters. The molecule has 0 aliphatic rings. The van der Waals surface area contributed by atoms with Gasteiger partial charge in [-0.2, -0.15) is 0 Å². The standard InChI is InChI=1S/C23H28Cl3N3O4S/c1-5-20(23(31)27-6-2)28(13-16-10-11-17(24)12-19(16)26)22(30)14-29(34(4,32)33)21-9-7-8-18(25)15(21)3/h7-12,20H,5-6,13-14H2,1-4H3,(H,27,31)/t20-/m1/s1. The molecule has 0 bridgehead atoms. The lowest BCUT2D eigenvalue weighted by atomic mass is 10.1. The minimum absolute atomic E-state index is 0.00337. The normalized spacial score (nSPS) is 12.2. The van der Waals surface area contributed by atoms with Crippen LogP contribution in [0, 0.1) is 6.92 Å². The third-order valence-electron chi connectivity index (χ3n) is 5.28. The molecule has 0 saturated heterocycles. The fourth-order valence-corrected chi connectivity index (χ4v) is 5.04. The summed E-state index contributed by atoms with van der Waals surface area (Å²) in [4.78, 5) is 27.7. The van der Waals surface area contributed by atoms with Crippen molar-refractivity contribution in [2.75, 3.05) is 23.7 Å². The third-order valence-corrected chi connectivity index (χ3v) is 7.40. The number of amides is 2. The first-order valence-electron chi connectivity index (χ1n) is 10.6. The van der Waals surface area contributed by atoms with E-state index in [1.54, 1.807) is 57.2 Å². The zero-order chi connectivity index (χ0) is 25.6. The number of hydrogen-bond donors (Lipinski definition) is 1. The van der Waals surface area contributed by atoms with Crippen LogP contribution < -0.4 is 9.62 Å². The van der Waals surface area contributed by atoms with Gasteiger partial charge in [-0.05, 0) is 55.7 Å². The average Bonchev–Trinajstić information content (AvgIpc) is 2.75. The van der Waals surface area contributed by atoms with Gasteiger partial charge in [-0.3, -0.25) is 13.9 Å². The van der Waals surface area contributed by atoms with Gasteiger partial charge in [0.1, 0.15) is 12.6 Å². The lowest BCUT2D eigenvalue weighted by Gasteiger charge is -2.33. The van der Waals surface area contributed by atoms with Gasteiger partial charge in [0.2, 0.25) is 21.8 Å². The number of anilines is 1. The first-order chi connectivity index (χ1) is 15.9. The summed E-state index contributed by atoms with van der Waals surface area (Å²) in [6.45, 7) is 5.10. The molecule has 34 heavy (non-hydrogen) atoms. The van der Waals surface area contributed by atoms with E-state index < -0.39 is 28.5 Å². The van der Waals surface area contributed by atoms with Crippen molar-refractivity contribution >= 4 is 62.3 Å². The summed E-state index contributed by atoms with van der Waals surface area (Å²) in [6.07, 6.45) is 1.33. The van der Waals surface area contributed by atoms with Crippen LogP contribution >= 0.6 is 34.8 Å². The second-order valence-corrected chi connectivity index (χ2v) is 10.9. The van der Waals surface area contributed by atoms with E-state index in [9.17, 15) is 18.0 Å². The molecule has 0 aliphatic carbocycles. The fraction of sp³-hybridized carbons (Fsp3) is 0.391. The number of benzene rings is 2. The van der Waals surface area contributed by atoms with Crippen molar-refractivity contribution in [1.29, 1.82) is 0 Å². The van der Waals surface area contributed by atoms with Gasteiger partial charge in [-0.15, -0.1) is 0 Å². The van der Waals surface area contributed by atoms with Crippen LogP contribution in [0.1, 0.15) is 31.4 Å². The summed E-state index contributed by atoms with van der Waals surface area (Å²) < 4.78 is 26.3. The number of rotatable bonds is 10. The molecule has 2 amide bonds. The fourth-order valence-electron chi connectivity index (χ4n) is 3.51. The Balaban J connectivity index is 2.51. The van der Waals surface area contributed by atoms with Gasteiger partial charge in [0.05, 0.1) is 11.9 Å². The van der Waals surface area contributed by atoms with Gasteiger partial charge in [0.25, 0.3) is 0 Å². The first kappa shape index (κ1) is 28.2. The number of hydrogen-bond acceptors (Lipinski definition) is 4. The van der Waals surface area contributed by atoms with Crippen molar-refractivity contribution in [3.63, 3.8) is 0 Å². The Kier molecular flexibility index (Phi) is 10.1. The molecule has 1 N–H and O–H groups in total. The SMILES string of the molecule is CCNC(=O)[C@@H](CC)N(Cc1ccc(Cl)cc1Cl)C(=O)CN(c1cccc(Cl)c1C)S(C)(=O)=O. The van der Waals surface area contributed by atoms with Crippen LogP contribution in [-0.4, -0.2) is 50.5 Å². The average molecular weight is 549 g/mol. The van der Waals surface area contributed by atoms with Crippen molar-refractivity contribution < 1.29 is 18.0 Å². The Morgan fingerprint density at radius 2 is 1.74 bits per heavy atom. The highest BCUT2D eigenvalue weighted by Gasteiger charge is 2.32. The Hall–Kier alpha value is -2.00. The van der Waals surface area contributed by atoms with Crippen molar-refractivity contribution in [2.45, 2.75) is 39.8 Å². The Labute approximate surface area is 216 Å². The quantitative estimate of drug-likeness (QED) is 0.468. The minimum Gasteiger partial charge on any atom is -0.355 e. The molecule has 186 valence electrons. The van der Waals surface area contributed by atoms with Crippen LogP contribution in [0.4, 0.5) is 5.69 Å². The maximum Gasteiger partial charge on any atom is 0.244 e. The second kappa shape index (κ2) is 12.1. The summed E-state index contributed by atoms with van der Waals surface area (Å²) >= 11 is 18.5. The highest BCUT2D eigenvalue weighted by Crippen LogP contribution is 2.29. The zero-order valence-electron chi connectivity index (χ0n) is 19.4. The predicted octanol–water partition coefficient (Wildman–Crippen LogP) is 4.66. The number of halogens is 3. The maximum atomic E-state index is 13.6. The number of carbonyl (C=O) groups excluding carboxylic acids is 2. The number of likely N-dealkylation sites (N-methyl/N-ethyl adjacent to an activating group) is 1. The van der Waals surface area contributed by atoms with Crippen LogP contribution in [0.25, 0.3) is 0 Å². The summed E-state index contributed by atoms with van der Waals surface area (Å²) in [5.41, 5.74) is 1.39. The van der Waals surface area contributed by atoms with Gasteiger partial charge in [-0.25, -0.2) is 8.42 Å². The number of nitrogens with one attached hydrogen (secondary N) is 1. The molecule has 0 aliphatic heterocycles. The van der Waals surface area contributed by atoms with Gasteiger partial charge < -0.3 is 10.2 Å². The molecule has 2 rings (SSSR count). The topological polar surface area (TPSA) is 86.8 Å². The molecule has 2 aromatic rings. The van der Waals surface area contributed by atoms with E-state index in [2.05, 4.69) is 5.32 Å². The van der Waals surface area contributed by atoms with E-state index >= 15 is 0 Å². The molecule has 0 saturated carbocycles. The Morgan fingerprint density at radius 1 is 1.06 bits per heavy atom. The molecule has 0 heterocycles. The third kappa shape index (κ3) is 7.01. The lowest BCUT2D eigenvalue weighted by molar-refractivity contribution is -0.140. The van der Waals surface area contributed by atoms with E-state index in [1.807, 2.05) is 0 Å². The van der Waals surface area contributed by atoms with Crippen molar-refractivity contribution in [3.05, 3.63) is 62.6 Å². The summed E-state index contributed by atoms with van der Waals surface area (Å²) in [6, 6.07) is 8.85. The highest BCUT2D eigenvalue weighted by molar-refractivity contribution is 7.92. The number of nitrogens with zero attached hydrogens (tertiary/aromatic N) is 2. The summed E-state index contributed by atoms with van der Waals surface area (Å²) in [5, 5.41) is 3.88. The predicted molar refractivity (Wildman–Crippen MR) is 138 cm³/mol. The van der Waals surface area contributed by atoms with Crippen LogP contribution in [0.3, 0.4) is 0 Å². The van der Waals surface area contributed by atoms with Crippen molar-refractivity contribution in [1.82, 2.24) is 10.2 Å². The number of sulfonamides is 1. The van der Waals surface area contributed by atoms with Crippen LogP contribution in [-0.2, 0) is 26.2 Å². The molecule has 0 radical (unpaired) electrons. The van der Waals surface area contributed by atoms with E-state index in [0.29, 0.717) is 44.8 Å². The molecule has 7 nitrogen and oxygen atoms in total. The molecule has 11 heteroatoms. The number of carbonyl (C=O) groups is 2. The molecule has 0 aromatic heterocycles. The Bertz CT molecular complexity index is 1160. The Morgan fingerprint density at radius 3 is 2.29 bits per heavy atom. The molecule has 0 spiro atoms. The molecule has 2 aromatic carbocycles. The van der Waals surface area contributed by atoms with Gasteiger partial charge in [0.15, 0.2) is 0 Å². The van der Waals surface area contributed by atoms with Gasteiger partial charge in [0, 0.05) is 28.2 Å². The van der Waals surface area contributed by atoms with E-state index in [0.717, 1.165) is 10.6 Å². The molecule has 0 fully saturated rings. The zero-order valence-corrected chi connectivity index (χ0v) is 22.5. The summed E-state index contributed by atoms with van der Waals surface area (Å²) in [5.74, 6) is -0.901. The van der Waals surface area contributed by atoms with Crippen LogP contribution in [0.2, 0.25) is 15.1 Å². The van der Waals surface area contributed by atoms with E-state index in [-0.39, 0.29) is 12.5 Å². The van der Waals surface area contributed by atoms with Gasteiger partial charge >= 0.3 is 0 Å². The lowest BCUT2D eigenvalue weighted by Crippen LogP contribution is -2.52. The monoisotopic (exact) mass is 547 g/mol. The maximum absolute atomic E-state index is 13.6. The van der Waals surface area contributed by atoms with E-state index in [1.165, 1.54) is 4.90 Å². The van der Waals surface area contributed by atoms with Crippen molar-refractivity contribution in [3.8, 4) is 0 Å². The van der Waals surface area contributed by atoms with Crippen molar-refractivity contribution in [2.24, 2.45) is 0 Å². The smallest absolute Gasteiger partial charge is 0.244 e. The second-order valence-electron chi connectivity index (χ2n) is 7.73. The van der Waals surface area contributed by atoms with Crippen LogP contribution in [0.15, 0.2) is 36.4 Å². The first-order valence-corrected chi connectivity index (χ1v) is 13.6. The summed E-state index contributed by atoms with van der Waals surface area (Å²) in [7, 11) is -3.85. The molecular formula is C23H28Cl3N3O4S. The largest absolute Gasteiger partial charge is 0.355 e. The van der Waals surface area contributed by atoms with Gasteiger partial charge in [-0.1, -0.05) is 53.9 Å². The van der Waals surface area contributed by atoms with E-state index in [4.69, 9.17) is 34.8 Å². The minimum atomic E-state index is -3.85.